The Labute approximate surface area is 84.5 Å². The van der Waals surface area contributed by atoms with E-state index >= 15 is 0 Å². The molecule has 2 heteroatoms. The highest BCUT2D eigenvalue weighted by Gasteiger charge is 2.66. The van der Waals surface area contributed by atoms with Gasteiger partial charge in [0.05, 0.1) is 6.61 Å². The molecular formula is C12H16O2. The maximum atomic E-state index is 9.33. The number of hydrogen-bond acceptors (Lipinski definition) is 2. The first-order chi connectivity index (χ1) is 6.68. The highest BCUT2D eigenvalue weighted by atomic mass is 16.6. The monoisotopic (exact) mass is 192 g/mol. The van der Waals surface area contributed by atoms with Crippen LogP contribution in [-0.4, -0.2) is 17.3 Å². The predicted octanol–water partition coefficient (Wildman–Crippen LogP) is 2.07. The van der Waals surface area contributed by atoms with E-state index in [1.54, 1.807) is 0 Å². The summed E-state index contributed by atoms with van der Waals surface area (Å²) in [6, 6.07) is 10.1. The minimum Gasteiger partial charge on any atom is -0.393 e. The van der Waals surface area contributed by atoms with Crippen LogP contribution in [0.25, 0.3) is 0 Å². The van der Waals surface area contributed by atoms with E-state index in [1.165, 1.54) is 0 Å². The third kappa shape index (κ3) is 1.11. The van der Waals surface area contributed by atoms with Gasteiger partial charge >= 0.3 is 0 Å². The summed E-state index contributed by atoms with van der Waals surface area (Å²) in [6.45, 7) is 4.18. The van der Waals surface area contributed by atoms with Gasteiger partial charge in [-0.3, -0.25) is 0 Å². The van der Waals surface area contributed by atoms with Crippen LogP contribution in [0.4, 0.5) is 0 Å². The molecule has 76 valence electrons. The summed E-state index contributed by atoms with van der Waals surface area (Å²) in [5.41, 5.74) is 0.502. The summed E-state index contributed by atoms with van der Waals surface area (Å²) in [7, 11) is 0. The Morgan fingerprint density at radius 2 is 1.93 bits per heavy atom. The second-order valence-electron chi connectivity index (χ2n) is 4.01. The summed E-state index contributed by atoms with van der Waals surface area (Å²) in [4.78, 5) is 0. The molecular weight excluding hydrogens is 176 g/mol. The normalized spacial score (nSPS) is 35.6. The van der Waals surface area contributed by atoms with Crippen LogP contribution >= 0.6 is 0 Å². The molecule has 0 amide bonds. The van der Waals surface area contributed by atoms with Gasteiger partial charge in [0.15, 0.2) is 0 Å². The lowest BCUT2D eigenvalue weighted by Crippen LogP contribution is -2.24. The van der Waals surface area contributed by atoms with E-state index in [0.717, 1.165) is 12.0 Å². The smallest absolute Gasteiger partial charge is 0.125 e. The van der Waals surface area contributed by atoms with Gasteiger partial charge < -0.3 is 9.84 Å². The zero-order valence-electron chi connectivity index (χ0n) is 8.66. The molecule has 2 rings (SSSR count). The average molecular weight is 192 g/mol. The number of epoxide rings is 1. The van der Waals surface area contributed by atoms with Gasteiger partial charge in [0.1, 0.15) is 11.2 Å². The first-order valence-electron chi connectivity index (χ1n) is 5.05. The van der Waals surface area contributed by atoms with Crippen LogP contribution in [0.1, 0.15) is 25.8 Å². The number of rotatable bonds is 3. The molecule has 0 aromatic heterocycles. The Kier molecular flexibility index (Phi) is 2.13. The van der Waals surface area contributed by atoms with Crippen LogP contribution in [0.5, 0.6) is 0 Å². The van der Waals surface area contributed by atoms with Gasteiger partial charge in [-0.05, 0) is 18.9 Å². The van der Waals surface area contributed by atoms with Gasteiger partial charge in [0.2, 0.25) is 0 Å². The molecule has 1 unspecified atom stereocenters. The van der Waals surface area contributed by atoms with Crippen LogP contribution < -0.4 is 0 Å². The van der Waals surface area contributed by atoms with Crippen molar-refractivity contribution in [2.24, 2.45) is 0 Å². The van der Waals surface area contributed by atoms with Crippen molar-refractivity contribution in [3.8, 4) is 0 Å². The van der Waals surface area contributed by atoms with Crippen molar-refractivity contribution in [1.82, 2.24) is 0 Å². The predicted molar refractivity (Wildman–Crippen MR) is 55.0 cm³/mol. The quantitative estimate of drug-likeness (QED) is 0.744. The van der Waals surface area contributed by atoms with E-state index in [4.69, 9.17) is 4.74 Å². The van der Waals surface area contributed by atoms with Crippen molar-refractivity contribution >= 4 is 0 Å². The number of hydrogen-bond donors (Lipinski definition) is 1. The van der Waals surface area contributed by atoms with E-state index in [0.29, 0.717) is 0 Å². The Morgan fingerprint density at radius 3 is 2.36 bits per heavy atom. The maximum absolute atomic E-state index is 9.33. The van der Waals surface area contributed by atoms with Crippen LogP contribution in [-0.2, 0) is 10.3 Å². The lowest BCUT2D eigenvalue weighted by Gasteiger charge is -2.12. The molecule has 14 heavy (non-hydrogen) atoms. The molecule has 2 atom stereocenters. The number of aliphatic hydroxyl groups excluding tert-OH is 1. The third-order valence-electron chi connectivity index (χ3n) is 3.38. The molecule has 1 N–H and O–H groups in total. The van der Waals surface area contributed by atoms with Crippen molar-refractivity contribution in [1.29, 1.82) is 0 Å². The molecule has 1 aliphatic heterocycles. The molecule has 0 spiro atoms. The Bertz CT molecular complexity index is 316. The molecule has 0 aliphatic carbocycles. The van der Waals surface area contributed by atoms with Crippen molar-refractivity contribution in [3.63, 3.8) is 0 Å². The molecule has 1 heterocycles. The minimum atomic E-state index is -0.353. The summed E-state index contributed by atoms with van der Waals surface area (Å²) >= 11 is 0. The van der Waals surface area contributed by atoms with E-state index in [2.05, 4.69) is 0 Å². The lowest BCUT2D eigenvalue weighted by atomic mass is 9.86. The largest absolute Gasteiger partial charge is 0.393 e. The first kappa shape index (κ1) is 9.69. The molecule has 0 radical (unpaired) electrons. The van der Waals surface area contributed by atoms with Crippen LogP contribution in [0.2, 0.25) is 0 Å². The lowest BCUT2D eigenvalue weighted by molar-refractivity contribution is 0.167. The molecule has 2 nitrogen and oxygen atoms in total. The average Bonchev–Trinajstić information content (AvgIpc) is 2.88. The molecule has 0 saturated carbocycles. The number of ether oxygens (including phenoxy) is 1. The summed E-state index contributed by atoms with van der Waals surface area (Å²) < 4.78 is 5.73. The fourth-order valence-corrected chi connectivity index (χ4v) is 2.15. The molecule has 1 aromatic rings. The van der Waals surface area contributed by atoms with Gasteiger partial charge in [-0.1, -0.05) is 37.3 Å². The summed E-state index contributed by atoms with van der Waals surface area (Å²) in [5.74, 6) is 0. The Morgan fingerprint density at radius 1 is 1.29 bits per heavy atom. The number of benzene rings is 1. The highest BCUT2D eigenvalue weighted by molar-refractivity contribution is 5.32. The van der Waals surface area contributed by atoms with Crippen LogP contribution in [0.3, 0.4) is 0 Å². The molecule has 1 aliphatic rings. The molecule has 0 bridgehead atoms. The maximum Gasteiger partial charge on any atom is 0.125 e. The minimum absolute atomic E-state index is 0.0922. The van der Waals surface area contributed by atoms with E-state index in [1.807, 2.05) is 44.2 Å². The topological polar surface area (TPSA) is 32.8 Å². The van der Waals surface area contributed by atoms with Crippen molar-refractivity contribution in [3.05, 3.63) is 35.9 Å². The van der Waals surface area contributed by atoms with E-state index in [9.17, 15) is 5.11 Å². The van der Waals surface area contributed by atoms with Gasteiger partial charge in [0, 0.05) is 0 Å². The SMILES string of the molecule is CC[C@]1(CO)OC1(C)c1ccccc1. The summed E-state index contributed by atoms with van der Waals surface area (Å²) in [6.07, 6.45) is 0.842. The summed E-state index contributed by atoms with van der Waals surface area (Å²) in [5, 5.41) is 9.33. The molecule has 1 aromatic carbocycles. The van der Waals surface area contributed by atoms with Crippen molar-refractivity contribution < 1.29 is 9.84 Å². The van der Waals surface area contributed by atoms with Gasteiger partial charge in [-0.15, -0.1) is 0 Å². The van der Waals surface area contributed by atoms with Gasteiger partial charge in [0.25, 0.3) is 0 Å². The zero-order valence-corrected chi connectivity index (χ0v) is 8.66. The van der Waals surface area contributed by atoms with Crippen LogP contribution in [0.15, 0.2) is 30.3 Å². The first-order valence-corrected chi connectivity index (χ1v) is 5.05. The van der Waals surface area contributed by atoms with E-state index < -0.39 is 0 Å². The Hall–Kier alpha value is -0.860. The van der Waals surface area contributed by atoms with Crippen LogP contribution in [0, 0.1) is 0 Å². The Balaban J connectivity index is 2.30. The standard InChI is InChI=1S/C12H16O2/c1-3-12(9-13)11(2,14-12)10-7-5-4-6-8-10/h4-8,13H,3,9H2,1-2H3/t11?,12-/m1/s1. The fraction of sp³-hybridized carbons (Fsp3) is 0.500. The second-order valence-corrected chi connectivity index (χ2v) is 4.01. The second kappa shape index (κ2) is 3.07. The van der Waals surface area contributed by atoms with Crippen molar-refractivity contribution in [2.45, 2.75) is 31.5 Å². The van der Waals surface area contributed by atoms with Crippen molar-refractivity contribution in [2.75, 3.05) is 6.61 Å². The number of aliphatic hydroxyl groups is 1. The molecule has 1 fully saturated rings. The molecule has 1 saturated heterocycles. The third-order valence-corrected chi connectivity index (χ3v) is 3.38. The van der Waals surface area contributed by atoms with E-state index in [-0.39, 0.29) is 17.8 Å². The van der Waals surface area contributed by atoms with Gasteiger partial charge in [-0.25, -0.2) is 0 Å². The highest BCUT2D eigenvalue weighted by Crippen LogP contribution is 2.56. The zero-order chi connectivity index (χ0) is 10.2. The fourth-order valence-electron chi connectivity index (χ4n) is 2.15. The van der Waals surface area contributed by atoms with Gasteiger partial charge in [-0.2, -0.15) is 0 Å².